The van der Waals surface area contributed by atoms with Crippen LogP contribution in [0, 0.1) is 6.92 Å². The molecule has 1 unspecified atom stereocenters. The predicted molar refractivity (Wildman–Crippen MR) is 80.1 cm³/mol. The zero-order chi connectivity index (χ0) is 14.5. The summed E-state index contributed by atoms with van der Waals surface area (Å²) in [5.74, 6) is 0. The van der Waals surface area contributed by atoms with Crippen molar-refractivity contribution in [2.45, 2.75) is 26.4 Å². The Hall–Kier alpha value is -1.72. The van der Waals surface area contributed by atoms with E-state index in [4.69, 9.17) is 5.73 Å². The van der Waals surface area contributed by atoms with Gasteiger partial charge in [-0.1, -0.05) is 13.0 Å². The van der Waals surface area contributed by atoms with E-state index in [1.807, 2.05) is 43.2 Å². The quantitative estimate of drug-likeness (QED) is 0.869. The van der Waals surface area contributed by atoms with Crippen molar-refractivity contribution in [3.8, 4) is 0 Å². The van der Waals surface area contributed by atoms with Crippen LogP contribution in [0.3, 0.4) is 0 Å². The number of likely N-dealkylation sites (N-methyl/N-ethyl adjacent to an activating group) is 1. The summed E-state index contributed by atoms with van der Waals surface area (Å²) >= 11 is 0. The lowest BCUT2D eigenvalue weighted by Gasteiger charge is -2.28. The van der Waals surface area contributed by atoms with Crippen molar-refractivity contribution in [1.29, 1.82) is 0 Å². The fraction of sp³-hybridized carbons (Fsp3) is 0.467. The largest absolute Gasteiger partial charge is 0.329 e. The monoisotopic (exact) mass is 273 g/mol. The zero-order valence-electron chi connectivity index (χ0n) is 12.5. The molecule has 0 saturated carbocycles. The predicted octanol–water partition coefficient (Wildman–Crippen LogP) is 1.65. The molecule has 0 aliphatic rings. The third kappa shape index (κ3) is 3.43. The Bertz CT molecular complexity index is 549. The van der Waals surface area contributed by atoms with E-state index in [-0.39, 0.29) is 6.04 Å². The molecule has 108 valence electrons. The van der Waals surface area contributed by atoms with Crippen LogP contribution in [0.15, 0.2) is 30.6 Å². The van der Waals surface area contributed by atoms with Crippen LogP contribution in [0.1, 0.15) is 29.9 Å². The third-order valence-electron chi connectivity index (χ3n) is 3.49. The minimum atomic E-state index is 0.177. The molecule has 0 aliphatic carbocycles. The van der Waals surface area contributed by atoms with Crippen molar-refractivity contribution in [3.63, 3.8) is 0 Å². The maximum absolute atomic E-state index is 5.97. The average Bonchev–Trinajstić information content (AvgIpc) is 2.85. The number of hydrogen-bond donors (Lipinski definition) is 1. The van der Waals surface area contributed by atoms with Crippen molar-refractivity contribution >= 4 is 0 Å². The first kappa shape index (κ1) is 14.7. The van der Waals surface area contributed by atoms with Crippen LogP contribution in [0.25, 0.3) is 0 Å². The first-order valence-corrected chi connectivity index (χ1v) is 6.99. The molecule has 0 aliphatic heterocycles. The smallest absolute Gasteiger partial charge is 0.0547 e. The maximum atomic E-state index is 5.97. The summed E-state index contributed by atoms with van der Waals surface area (Å²) in [7, 11) is 1.93. The lowest BCUT2D eigenvalue weighted by molar-refractivity contribution is 0.201. The fourth-order valence-electron chi connectivity index (χ4n) is 2.45. The molecule has 1 atom stereocenters. The molecule has 2 aromatic heterocycles. The van der Waals surface area contributed by atoms with E-state index in [2.05, 4.69) is 28.0 Å². The highest BCUT2D eigenvalue weighted by atomic mass is 15.3. The number of rotatable bonds is 6. The highest BCUT2D eigenvalue weighted by Crippen LogP contribution is 2.20. The molecule has 0 radical (unpaired) electrons. The van der Waals surface area contributed by atoms with Crippen molar-refractivity contribution in [1.82, 2.24) is 19.7 Å². The van der Waals surface area contributed by atoms with Gasteiger partial charge in [0.15, 0.2) is 0 Å². The van der Waals surface area contributed by atoms with Crippen LogP contribution >= 0.6 is 0 Å². The van der Waals surface area contributed by atoms with Crippen LogP contribution < -0.4 is 5.73 Å². The molecule has 0 aromatic carbocycles. The summed E-state index contributed by atoms with van der Waals surface area (Å²) in [5.41, 5.74) is 9.26. The SMILES string of the molecule is CCN(Cc1cccc(C)n1)C(CN)c1cnn(C)c1. The molecule has 0 saturated heterocycles. The van der Waals surface area contributed by atoms with Gasteiger partial charge < -0.3 is 5.73 Å². The lowest BCUT2D eigenvalue weighted by Crippen LogP contribution is -2.33. The molecule has 2 rings (SSSR count). The second kappa shape index (κ2) is 6.63. The van der Waals surface area contributed by atoms with E-state index in [9.17, 15) is 0 Å². The van der Waals surface area contributed by atoms with Gasteiger partial charge in [0.05, 0.1) is 17.9 Å². The zero-order valence-corrected chi connectivity index (χ0v) is 12.5. The molecule has 2 heterocycles. The molecule has 0 amide bonds. The topological polar surface area (TPSA) is 60.0 Å². The highest BCUT2D eigenvalue weighted by Gasteiger charge is 2.19. The van der Waals surface area contributed by atoms with Gasteiger partial charge in [-0.2, -0.15) is 5.10 Å². The number of aryl methyl sites for hydroxylation is 2. The van der Waals surface area contributed by atoms with Crippen LogP contribution in [-0.2, 0) is 13.6 Å². The Morgan fingerprint density at radius 1 is 1.40 bits per heavy atom. The Kier molecular flexibility index (Phi) is 4.87. The Morgan fingerprint density at radius 2 is 2.20 bits per heavy atom. The molecule has 2 aromatic rings. The van der Waals surface area contributed by atoms with E-state index in [0.717, 1.165) is 30.0 Å². The maximum Gasteiger partial charge on any atom is 0.0547 e. The first-order valence-electron chi connectivity index (χ1n) is 6.99. The Morgan fingerprint density at radius 3 is 2.75 bits per heavy atom. The normalized spacial score (nSPS) is 12.8. The molecule has 5 heteroatoms. The molecule has 5 nitrogen and oxygen atoms in total. The molecular weight excluding hydrogens is 250 g/mol. The van der Waals surface area contributed by atoms with Gasteiger partial charge in [0.1, 0.15) is 0 Å². The second-order valence-corrected chi connectivity index (χ2v) is 5.03. The summed E-state index contributed by atoms with van der Waals surface area (Å²) in [6.45, 7) is 6.46. The van der Waals surface area contributed by atoms with Gasteiger partial charge in [-0.3, -0.25) is 14.6 Å². The summed E-state index contributed by atoms with van der Waals surface area (Å²) in [6.07, 6.45) is 3.92. The number of hydrogen-bond acceptors (Lipinski definition) is 4. The van der Waals surface area contributed by atoms with Gasteiger partial charge in [-0.25, -0.2) is 0 Å². The van der Waals surface area contributed by atoms with Gasteiger partial charge >= 0.3 is 0 Å². The molecule has 0 spiro atoms. The molecule has 2 N–H and O–H groups in total. The summed E-state index contributed by atoms with van der Waals surface area (Å²) in [4.78, 5) is 6.91. The van der Waals surface area contributed by atoms with Gasteiger partial charge in [-0.15, -0.1) is 0 Å². The fourth-order valence-corrected chi connectivity index (χ4v) is 2.45. The summed E-state index contributed by atoms with van der Waals surface area (Å²) in [6, 6.07) is 6.30. The number of nitrogens with two attached hydrogens (primary N) is 1. The summed E-state index contributed by atoms with van der Waals surface area (Å²) < 4.78 is 1.82. The van der Waals surface area contributed by atoms with Crippen LogP contribution in [-0.4, -0.2) is 32.8 Å². The van der Waals surface area contributed by atoms with E-state index in [1.165, 1.54) is 0 Å². The highest BCUT2D eigenvalue weighted by molar-refractivity contribution is 5.14. The third-order valence-corrected chi connectivity index (χ3v) is 3.49. The van der Waals surface area contributed by atoms with Crippen molar-refractivity contribution < 1.29 is 0 Å². The Balaban J connectivity index is 2.17. The molecule has 0 bridgehead atoms. The van der Waals surface area contributed by atoms with Gasteiger partial charge in [0, 0.05) is 37.6 Å². The second-order valence-electron chi connectivity index (χ2n) is 5.03. The van der Waals surface area contributed by atoms with Gasteiger partial charge in [0.2, 0.25) is 0 Å². The average molecular weight is 273 g/mol. The number of aromatic nitrogens is 3. The van der Waals surface area contributed by atoms with E-state index >= 15 is 0 Å². The van der Waals surface area contributed by atoms with Crippen molar-refractivity contribution in [2.75, 3.05) is 13.1 Å². The number of nitrogens with zero attached hydrogens (tertiary/aromatic N) is 4. The molecule has 20 heavy (non-hydrogen) atoms. The first-order chi connectivity index (χ1) is 9.63. The van der Waals surface area contributed by atoms with Crippen molar-refractivity contribution in [2.24, 2.45) is 12.8 Å². The minimum Gasteiger partial charge on any atom is -0.329 e. The standard InChI is InChI=1S/C15H23N5/c1-4-20(11-14-7-5-6-12(2)18-14)15(8-16)13-9-17-19(3)10-13/h5-7,9-10,15H,4,8,11,16H2,1-3H3. The van der Waals surface area contributed by atoms with E-state index in [1.54, 1.807) is 0 Å². The van der Waals surface area contributed by atoms with Crippen LogP contribution in [0.4, 0.5) is 0 Å². The lowest BCUT2D eigenvalue weighted by atomic mass is 10.1. The van der Waals surface area contributed by atoms with Crippen molar-refractivity contribution in [3.05, 3.63) is 47.5 Å². The molecular formula is C15H23N5. The van der Waals surface area contributed by atoms with Gasteiger partial charge in [0.25, 0.3) is 0 Å². The van der Waals surface area contributed by atoms with E-state index < -0.39 is 0 Å². The van der Waals surface area contributed by atoms with Gasteiger partial charge in [-0.05, 0) is 25.6 Å². The minimum absolute atomic E-state index is 0.177. The molecule has 0 fully saturated rings. The van der Waals surface area contributed by atoms with Crippen LogP contribution in [0.2, 0.25) is 0 Å². The Labute approximate surface area is 120 Å². The number of pyridine rings is 1. The van der Waals surface area contributed by atoms with E-state index in [0.29, 0.717) is 6.54 Å². The summed E-state index contributed by atoms with van der Waals surface area (Å²) in [5, 5.41) is 4.24. The van der Waals surface area contributed by atoms with Crippen LogP contribution in [0.5, 0.6) is 0 Å².